The van der Waals surface area contributed by atoms with Gasteiger partial charge in [0.15, 0.2) is 0 Å². The van der Waals surface area contributed by atoms with Gasteiger partial charge in [-0.25, -0.2) is 0 Å². The summed E-state index contributed by atoms with van der Waals surface area (Å²) in [6, 6.07) is 5.25. The lowest BCUT2D eigenvalue weighted by Gasteiger charge is -2.28. The molecule has 0 saturated heterocycles. The van der Waals surface area contributed by atoms with Crippen LogP contribution in [0.1, 0.15) is 36.0 Å². The number of carbonyl (C=O) groups excluding carboxylic acids is 1. The number of hydrogen-bond acceptors (Lipinski definition) is 3. The zero-order valence-corrected chi connectivity index (χ0v) is 12.6. The van der Waals surface area contributed by atoms with Crippen LogP contribution in [0.5, 0.6) is 0 Å². The van der Waals surface area contributed by atoms with Crippen molar-refractivity contribution in [3.8, 4) is 0 Å². The highest BCUT2D eigenvalue weighted by atomic mass is 35.5. The lowest BCUT2D eigenvalue weighted by Crippen LogP contribution is -2.38. The van der Waals surface area contributed by atoms with Crippen LogP contribution in [-0.4, -0.2) is 23.5 Å². The molecule has 1 aliphatic rings. The van der Waals surface area contributed by atoms with Crippen molar-refractivity contribution in [2.75, 3.05) is 12.0 Å². The standard InChI is InChI=1S/C14H19ClN2OS/c1-19-11-5-3-10(4-6-11)17-14(18)12-7-2-9(15)8-13(12)16/h2,7-8,10-11H,3-6,16H2,1H3,(H,17,18). The Bertz CT molecular complexity index is 459. The molecular formula is C14H19ClN2OS. The summed E-state index contributed by atoms with van der Waals surface area (Å²) in [5.74, 6) is -0.0956. The van der Waals surface area contributed by atoms with Crippen molar-refractivity contribution in [1.82, 2.24) is 5.32 Å². The second-order valence-electron chi connectivity index (χ2n) is 4.91. The molecule has 1 aliphatic carbocycles. The minimum absolute atomic E-state index is 0.0956. The number of hydrogen-bond donors (Lipinski definition) is 2. The molecule has 0 aromatic heterocycles. The summed E-state index contributed by atoms with van der Waals surface area (Å²) in [4.78, 5) is 12.2. The summed E-state index contributed by atoms with van der Waals surface area (Å²) in [6.45, 7) is 0. The van der Waals surface area contributed by atoms with Crippen LogP contribution in [0.15, 0.2) is 18.2 Å². The average Bonchev–Trinajstić information content (AvgIpc) is 2.39. The Morgan fingerprint density at radius 1 is 1.37 bits per heavy atom. The van der Waals surface area contributed by atoms with E-state index in [2.05, 4.69) is 11.6 Å². The number of rotatable bonds is 3. The predicted octanol–water partition coefficient (Wildman–Crippen LogP) is 3.33. The van der Waals surface area contributed by atoms with Crippen molar-refractivity contribution >= 4 is 35.0 Å². The van der Waals surface area contributed by atoms with Crippen LogP contribution in [0, 0.1) is 0 Å². The summed E-state index contributed by atoms with van der Waals surface area (Å²) in [5.41, 5.74) is 6.77. The van der Waals surface area contributed by atoms with E-state index in [1.807, 2.05) is 11.8 Å². The number of anilines is 1. The van der Waals surface area contributed by atoms with E-state index in [-0.39, 0.29) is 11.9 Å². The van der Waals surface area contributed by atoms with Gasteiger partial charge in [-0.05, 0) is 50.1 Å². The van der Waals surface area contributed by atoms with E-state index in [1.165, 1.54) is 12.8 Å². The number of thioether (sulfide) groups is 1. The minimum Gasteiger partial charge on any atom is -0.398 e. The summed E-state index contributed by atoms with van der Waals surface area (Å²) in [5, 5.41) is 4.36. The largest absolute Gasteiger partial charge is 0.398 e. The molecule has 0 radical (unpaired) electrons. The van der Waals surface area contributed by atoms with Crippen LogP contribution in [0.4, 0.5) is 5.69 Å². The van der Waals surface area contributed by atoms with Crippen LogP contribution >= 0.6 is 23.4 Å². The fraction of sp³-hybridized carbons (Fsp3) is 0.500. The molecule has 1 aromatic rings. The summed E-state index contributed by atoms with van der Waals surface area (Å²) in [6.07, 6.45) is 6.58. The fourth-order valence-electron chi connectivity index (χ4n) is 2.45. The Morgan fingerprint density at radius 3 is 2.63 bits per heavy atom. The first-order chi connectivity index (χ1) is 9.10. The van der Waals surface area contributed by atoms with E-state index in [4.69, 9.17) is 17.3 Å². The molecule has 1 amide bonds. The summed E-state index contributed by atoms with van der Waals surface area (Å²) >= 11 is 7.75. The Balaban J connectivity index is 1.94. The highest BCUT2D eigenvalue weighted by Gasteiger charge is 2.22. The third-order valence-electron chi connectivity index (χ3n) is 3.60. The highest BCUT2D eigenvalue weighted by Crippen LogP contribution is 2.27. The van der Waals surface area contributed by atoms with Crippen molar-refractivity contribution in [2.45, 2.75) is 37.0 Å². The topological polar surface area (TPSA) is 55.1 Å². The van der Waals surface area contributed by atoms with Gasteiger partial charge in [0.25, 0.3) is 5.91 Å². The zero-order chi connectivity index (χ0) is 13.8. The van der Waals surface area contributed by atoms with E-state index in [9.17, 15) is 4.79 Å². The number of halogens is 1. The monoisotopic (exact) mass is 298 g/mol. The molecule has 0 atom stereocenters. The van der Waals surface area contributed by atoms with E-state index in [1.54, 1.807) is 18.2 Å². The lowest BCUT2D eigenvalue weighted by atomic mass is 9.94. The fourth-order valence-corrected chi connectivity index (χ4v) is 3.37. The van der Waals surface area contributed by atoms with E-state index < -0.39 is 0 Å². The van der Waals surface area contributed by atoms with Gasteiger partial charge < -0.3 is 11.1 Å². The predicted molar refractivity (Wildman–Crippen MR) is 82.9 cm³/mol. The van der Waals surface area contributed by atoms with Gasteiger partial charge in [-0.2, -0.15) is 11.8 Å². The van der Waals surface area contributed by atoms with Crippen molar-refractivity contribution in [1.29, 1.82) is 0 Å². The summed E-state index contributed by atoms with van der Waals surface area (Å²) < 4.78 is 0. The molecule has 2 rings (SSSR count). The molecule has 0 unspecified atom stereocenters. The number of nitrogens with two attached hydrogens (primary N) is 1. The smallest absolute Gasteiger partial charge is 0.253 e. The number of benzene rings is 1. The van der Waals surface area contributed by atoms with Gasteiger partial charge in [0.05, 0.1) is 5.56 Å². The molecule has 0 heterocycles. The van der Waals surface area contributed by atoms with E-state index in [0.717, 1.165) is 18.1 Å². The molecule has 0 aliphatic heterocycles. The molecule has 19 heavy (non-hydrogen) atoms. The van der Waals surface area contributed by atoms with Gasteiger partial charge in [-0.3, -0.25) is 4.79 Å². The molecule has 0 spiro atoms. The number of amides is 1. The molecule has 3 N–H and O–H groups in total. The third kappa shape index (κ3) is 3.80. The second-order valence-corrected chi connectivity index (χ2v) is 6.49. The van der Waals surface area contributed by atoms with E-state index >= 15 is 0 Å². The first-order valence-electron chi connectivity index (χ1n) is 6.49. The van der Waals surface area contributed by atoms with Gasteiger partial charge in [-0.1, -0.05) is 11.6 Å². The van der Waals surface area contributed by atoms with Crippen molar-refractivity contribution in [2.24, 2.45) is 0 Å². The van der Waals surface area contributed by atoms with Crippen molar-refractivity contribution < 1.29 is 4.79 Å². The third-order valence-corrected chi connectivity index (χ3v) is 4.97. The molecule has 1 aromatic carbocycles. The first-order valence-corrected chi connectivity index (χ1v) is 8.15. The Hall–Kier alpha value is -0.870. The maximum atomic E-state index is 12.2. The summed E-state index contributed by atoms with van der Waals surface area (Å²) in [7, 11) is 0. The molecule has 104 valence electrons. The molecule has 1 fully saturated rings. The molecular weight excluding hydrogens is 280 g/mol. The number of nitrogens with one attached hydrogen (secondary N) is 1. The minimum atomic E-state index is -0.0956. The van der Waals surface area contributed by atoms with Gasteiger partial charge >= 0.3 is 0 Å². The Labute approximate surface area is 123 Å². The van der Waals surface area contributed by atoms with Crippen LogP contribution in [0.3, 0.4) is 0 Å². The molecule has 3 nitrogen and oxygen atoms in total. The number of carbonyl (C=O) groups is 1. The van der Waals surface area contributed by atoms with Crippen LogP contribution < -0.4 is 11.1 Å². The van der Waals surface area contributed by atoms with Crippen LogP contribution in [0.25, 0.3) is 0 Å². The van der Waals surface area contributed by atoms with Gasteiger partial charge in [-0.15, -0.1) is 0 Å². The van der Waals surface area contributed by atoms with Gasteiger partial charge in [0.2, 0.25) is 0 Å². The van der Waals surface area contributed by atoms with Gasteiger partial charge in [0.1, 0.15) is 0 Å². The average molecular weight is 299 g/mol. The highest BCUT2D eigenvalue weighted by molar-refractivity contribution is 7.99. The first kappa shape index (κ1) is 14.5. The normalized spacial score (nSPS) is 23.1. The molecule has 0 bridgehead atoms. The van der Waals surface area contributed by atoms with Crippen molar-refractivity contribution in [3.05, 3.63) is 28.8 Å². The molecule has 5 heteroatoms. The van der Waals surface area contributed by atoms with Crippen LogP contribution in [0.2, 0.25) is 5.02 Å². The lowest BCUT2D eigenvalue weighted by molar-refractivity contribution is 0.0929. The Morgan fingerprint density at radius 2 is 2.05 bits per heavy atom. The van der Waals surface area contributed by atoms with E-state index in [0.29, 0.717) is 16.3 Å². The SMILES string of the molecule is CSC1CCC(NC(=O)c2ccc(Cl)cc2N)CC1. The maximum absolute atomic E-state index is 12.2. The number of nitrogen functional groups attached to an aromatic ring is 1. The maximum Gasteiger partial charge on any atom is 0.253 e. The molecule has 1 saturated carbocycles. The quantitative estimate of drug-likeness (QED) is 0.842. The van der Waals surface area contributed by atoms with Gasteiger partial charge in [0, 0.05) is 22.0 Å². The zero-order valence-electron chi connectivity index (χ0n) is 11.0. The Kier molecular flexibility index (Phi) is 4.99. The van der Waals surface area contributed by atoms with Crippen LogP contribution in [-0.2, 0) is 0 Å². The van der Waals surface area contributed by atoms with Crippen molar-refractivity contribution in [3.63, 3.8) is 0 Å². The second kappa shape index (κ2) is 6.53.